The van der Waals surface area contributed by atoms with Crippen molar-refractivity contribution in [3.63, 3.8) is 0 Å². The lowest BCUT2D eigenvalue weighted by atomic mass is 10.1. The maximum absolute atomic E-state index is 9.50. The van der Waals surface area contributed by atoms with Crippen LogP contribution in [0.25, 0.3) is 0 Å². The summed E-state index contributed by atoms with van der Waals surface area (Å²) in [5.74, 6) is 0.682. The van der Waals surface area contributed by atoms with E-state index >= 15 is 0 Å². The molecule has 27 heavy (non-hydrogen) atoms. The standard InChI is InChI=1S/C22H18Cl2N2O/c1-15-5-9-17(10-6-15)26-22(13-25)16-7-11-18(12-8-16)27-14-19-20(23)3-2-4-21(19)24/h2-12,22,26H,14H2,1H3. The molecule has 1 atom stereocenters. The first-order valence-electron chi connectivity index (χ1n) is 8.45. The number of nitrogens with one attached hydrogen (secondary N) is 1. The molecule has 0 aliphatic carbocycles. The molecule has 0 saturated carbocycles. The van der Waals surface area contributed by atoms with Crippen molar-refractivity contribution in [1.29, 1.82) is 5.26 Å². The van der Waals surface area contributed by atoms with Gasteiger partial charge < -0.3 is 10.1 Å². The molecular weight excluding hydrogens is 379 g/mol. The Morgan fingerprint density at radius 1 is 0.963 bits per heavy atom. The van der Waals surface area contributed by atoms with E-state index in [-0.39, 0.29) is 6.61 Å². The fraction of sp³-hybridized carbons (Fsp3) is 0.136. The van der Waals surface area contributed by atoms with E-state index < -0.39 is 6.04 Å². The molecule has 0 radical (unpaired) electrons. The Kier molecular flexibility index (Phi) is 6.24. The van der Waals surface area contributed by atoms with Gasteiger partial charge in [0.05, 0.1) is 6.07 Å². The zero-order valence-corrected chi connectivity index (χ0v) is 16.3. The Balaban J connectivity index is 1.66. The minimum absolute atomic E-state index is 0.279. The molecule has 0 heterocycles. The van der Waals surface area contributed by atoms with Crippen LogP contribution in [0.5, 0.6) is 5.75 Å². The number of nitrogens with zero attached hydrogens (tertiary/aromatic N) is 1. The highest BCUT2D eigenvalue weighted by atomic mass is 35.5. The van der Waals surface area contributed by atoms with Crippen molar-refractivity contribution in [2.75, 3.05) is 5.32 Å². The molecule has 0 spiro atoms. The lowest BCUT2D eigenvalue weighted by molar-refractivity contribution is 0.306. The summed E-state index contributed by atoms with van der Waals surface area (Å²) in [5.41, 5.74) is 3.69. The van der Waals surface area contributed by atoms with Crippen molar-refractivity contribution in [1.82, 2.24) is 0 Å². The molecule has 0 saturated heterocycles. The van der Waals surface area contributed by atoms with Gasteiger partial charge in [-0.1, -0.05) is 59.1 Å². The fourth-order valence-electron chi connectivity index (χ4n) is 2.59. The van der Waals surface area contributed by atoms with Gasteiger partial charge in [-0.2, -0.15) is 5.26 Å². The topological polar surface area (TPSA) is 45.0 Å². The molecule has 0 aliphatic rings. The molecule has 0 aliphatic heterocycles. The number of nitriles is 1. The van der Waals surface area contributed by atoms with Gasteiger partial charge in [-0.15, -0.1) is 0 Å². The van der Waals surface area contributed by atoms with Crippen LogP contribution in [0.4, 0.5) is 5.69 Å². The zero-order valence-electron chi connectivity index (χ0n) is 14.7. The summed E-state index contributed by atoms with van der Waals surface area (Å²) in [6.45, 7) is 2.31. The number of ether oxygens (including phenoxy) is 1. The summed E-state index contributed by atoms with van der Waals surface area (Å²) < 4.78 is 5.78. The maximum atomic E-state index is 9.50. The summed E-state index contributed by atoms with van der Waals surface area (Å²) in [7, 11) is 0. The molecule has 136 valence electrons. The Morgan fingerprint density at radius 2 is 1.59 bits per heavy atom. The van der Waals surface area contributed by atoms with Crippen LogP contribution in [0.2, 0.25) is 10.0 Å². The summed E-state index contributed by atoms with van der Waals surface area (Å²) in [6.07, 6.45) is 0. The number of rotatable bonds is 6. The van der Waals surface area contributed by atoms with Crippen LogP contribution in [-0.2, 0) is 6.61 Å². The Hall–Kier alpha value is -2.67. The summed E-state index contributed by atoms with van der Waals surface area (Å²) in [6, 6.07) is 22.6. The third-order valence-corrected chi connectivity index (χ3v) is 4.86. The molecule has 0 aromatic heterocycles. The number of aryl methyl sites for hydroxylation is 1. The maximum Gasteiger partial charge on any atom is 0.140 e. The molecule has 0 fully saturated rings. The van der Waals surface area contributed by atoms with E-state index in [1.807, 2.05) is 55.5 Å². The molecule has 1 unspecified atom stereocenters. The lowest BCUT2D eigenvalue weighted by Gasteiger charge is -2.14. The normalized spacial score (nSPS) is 11.5. The summed E-state index contributed by atoms with van der Waals surface area (Å²) in [5, 5.41) is 13.9. The van der Waals surface area contributed by atoms with Crippen molar-refractivity contribution >= 4 is 28.9 Å². The van der Waals surface area contributed by atoms with Crippen LogP contribution in [0.15, 0.2) is 66.7 Å². The molecular formula is C22H18Cl2N2O. The van der Waals surface area contributed by atoms with Crippen LogP contribution in [0.1, 0.15) is 22.7 Å². The van der Waals surface area contributed by atoms with E-state index in [1.54, 1.807) is 18.2 Å². The second-order valence-corrected chi connectivity index (χ2v) is 6.94. The Labute approximate surface area is 169 Å². The first kappa shape index (κ1) is 19.1. The highest BCUT2D eigenvalue weighted by molar-refractivity contribution is 6.35. The van der Waals surface area contributed by atoms with Gasteiger partial charge in [-0.3, -0.25) is 0 Å². The van der Waals surface area contributed by atoms with Crippen LogP contribution < -0.4 is 10.1 Å². The van der Waals surface area contributed by atoms with Gasteiger partial charge in [0.2, 0.25) is 0 Å². The second kappa shape index (κ2) is 8.81. The SMILES string of the molecule is Cc1ccc(NC(C#N)c2ccc(OCc3c(Cl)cccc3Cl)cc2)cc1. The monoisotopic (exact) mass is 396 g/mol. The van der Waals surface area contributed by atoms with Crippen molar-refractivity contribution in [3.05, 3.63) is 93.5 Å². The predicted octanol–water partition coefficient (Wildman–Crippen LogP) is 6.56. The van der Waals surface area contributed by atoms with Gasteiger partial charge in [0.15, 0.2) is 0 Å². The number of halogens is 2. The van der Waals surface area contributed by atoms with Crippen LogP contribution in [0, 0.1) is 18.3 Å². The van der Waals surface area contributed by atoms with E-state index in [9.17, 15) is 5.26 Å². The van der Waals surface area contributed by atoms with Gasteiger partial charge >= 0.3 is 0 Å². The van der Waals surface area contributed by atoms with Crippen LogP contribution >= 0.6 is 23.2 Å². The average molecular weight is 397 g/mol. The second-order valence-electron chi connectivity index (χ2n) is 6.13. The van der Waals surface area contributed by atoms with Gasteiger partial charge in [0.1, 0.15) is 18.4 Å². The fourth-order valence-corrected chi connectivity index (χ4v) is 3.10. The van der Waals surface area contributed by atoms with Gasteiger partial charge in [0, 0.05) is 21.3 Å². The first-order valence-corrected chi connectivity index (χ1v) is 9.21. The molecule has 0 amide bonds. The minimum atomic E-state index is -0.445. The van der Waals surface area contributed by atoms with Gasteiger partial charge in [-0.25, -0.2) is 0 Å². The first-order chi connectivity index (χ1) is 13.1. The van der Waals surface area contributed by atoms with Gasteiger partial charge in [0.25, 0.3) is 0 Å². The van der Waals surface area contributed by atoms with Crippen molar-refractivity contribution < 1.29 is 4.74 Å². The third-order valence-electron chi connectivity index (χ3n) is 4.15. The van der Waals surface area contributed by atoms with E-state index in [1.165, 1.54) is 5.56 Å². The molecule has 0 bridgehead atoms. The van der Waals surface area contributed by atoms with Crippen LogP contribution in [-0.4, -0.2) is 0 Å². The molecule has 3 nitrogen and oxygen atoms in total. The molecule has 1 N–H and O–H groups in total. The van der Waals surface area contributed by atoms with Crippen molar-refractivity contribution in [3.8, 4) is 11.8 Å². The number of anilines is 1. The molecule has 3 rings (SSSR count). The van der Waals surface area contributed by atoms with E-state index in [0.29, 0.717) is 15.8 Å². The lowest BCUT2D eigenvalue weighted by Crippen LogP contribution is -2.08. The minimum Gasteiger partial charge on any atom is -0.489 e. The van der Waals surface area contributed by atoms with E-state index in [0.717, 1.165) is 16.8 Å². The summed E-state index contributed by atoms with van der Waals surface area (Å²) in [4.78, 5) is 0. The highest BCUT2D eigenvalue weighted by Crippen LogP contribution is 2.27. The highest BCUT2D eigenvalue weighted by Gasteiger charge is 2.11. The zero-order chi connectivity index (χ0) is 19.2. The number of hydrogen-bond acceptors (Lipinski definition) is 3. The number of hydrogen-bond donors (Lipinski definition) is 1. The van der Waals surface area contributed by atoms with Crippen molar-refractivity contribution in [2.24, 2.45) is 0 Å². The Morgan fingerprint density at radius 3 is 2.19 bits per heavy atom. The smallest absolute Gasteiger partial charge is 0.140 e. The van der Waals surface area contributed by atoms with E-state index in [2.05, 4.69) is 11.4 Å². The quantitative estimate of drug-likeness (QED) is 0.513. The predicted molar refractivity (Wildman–Crippen MR) is 110 cm³/mol. The van der Waals surface area contributed by atoms with Gasteiger partial charge in [-0.05, 0) is 48.9 Å². The third kappa shape index (κ3) is 4.95. The largest absolute Gasteiger partial charge is 0.489 e. The molecule has 3 aromatic rings. The average Bonchev–Trinajstić information content (AvgIpc) is 2.68. The Bertz CT molecular complexity index is 927. The number of benzene rings is 3. The summed E-state index contributed by atoms with van der Waals surface area (Å²) >= 11 is 12.3. The molecule has 3 aromatic carbocycles. The van der Waals surface area contributed by atoms with Crippen molar-refractivity contribution in [2.45, 2.75) is 19.6 Å². The van der Waals surface area contributed by atoms with E-state index in [4.69, 9.17) is 27.9 Å². The van der Waals surface area contributed by atoms with Crippen LogP contribution in [0.3, 0.4) is 0 Å². The molecule has 5 heteroatoms.